The summed E-state index contributed by atoms with van der Waals surface area (Å²) in [5.41, 5.74) is 0.820. The first-order valence-corrected chi connectivity index (χ1v) is 6.94. The van der Waals surface area contributed by atoms with Crippen molar-refractivity contribution < 1.29 is 0 Å². The van der Waals surface area contributed by atoms with E-state index in [9.17, 15) is 0 Å². The van der Waals surface area contributed by atoms with Crippen molar-refractivity contribution in [2.24, 2.45) is 0 Å². The minimum atomic E-state index is -0.0406. The molecule has 0 fully saturated rings. The minimum absolute atomic E-state index is 0.0406. The molecule has 0 saturated carbocycles. The highest BCUT2D eigenvalue weighted by Gasteiger charge is 2.20. The number of rotatable bonds is 4. The Morgan fingerprint density at radius 1 is 1.35 bits per heavy atom. The Hall–Kier alpha value is -0.610. The van der Waals surface area contributed by atoms with E-state index in [2.05, 4.69) is 10.3 Å². The van der Waals surface area contributed by atoms with E-state index in [1.54, 1.807) is 17.5 Å². The lowest BCUT2D eigenvalue weighted by atomic mass is 10.1. The molecule has 1 unspecified atom stereocenters. The smallest absolute Gasteiger partial charge is 0.0875 e. The quantitative estimate of drug-likeness (QED) is 0.913. The molecule has 2 heterocycles. The van der Waals surface area contributed by atoms with Crippen LogP contribution in [0.5, 0.6) is 0 Å². The summed E-state index contributed by atoms with van der Waals surface area (Å²) in [4.78, 5) is 5.40. The van der Waals surface area contributed by atoms with Crippen LogP contribution in [0.1, 0.15) is 23.5 Å². The van der Waals surface area contributed by atoms with Gasteiger partial charge in [-0.2, -0.15) is 0 Å². The summed E-state index contributed by atoms with van der Waals surface area (Å²) in [5, 5.41) is 6.74. The van der Waals surface area contributed by atoms with Crippen molar-refractivity contribution in [3.63, 3.8) is 0 Å². The van der Waals surface area contributed by atoms with Crippen LogP contribution in [-0.4, -0.2) is 11.5 Å². The molecular weight excluding hydrogens is 275 g/mol. The highest BCUT2D eigenvalue weighted by molar-refractivity contribution is 7.10. The summed E-state index contributed by atoms with van der Waals surface area (Å²) >= 11 is 14.0. The summed E-state index contributed by atoms with van der Waals surface area (Å²) < 4.78 is 0. The first kappa shape index (κ1) is 12.8. The van der Waals surface area contributed by atoms with Crippen molar-refractivity contribution in [2.75, 3.05) is 6.54 Å². The van der Waals surface area contributed by atoms with Gasteiger partial charge in [0.1, 0.15) is 0 Å². The van der Waals surface area contributed by atoms with Gasteiger partial charge in [-0.25, -0.2) is 0 Å². The van der Waals surface area contributed by atoms with Gasteiger partial charge in [-0.1, -0.05) is 30.1 Å². The lowest BCUT2D eigenvalue weighted by Crippen LogP contribution is -2.22. The van der Waals surface area contributed by atoms with E-state index in [1.165, 1.54) is 0 Å². The first-order chi connectivity index (χ1) is 8.24. The number of hydrogen-bond acceptors (Lipinski definition) is 3. The fourth-order valence-corrected chi connectivity index (χ4v) is 3.11. The van der Waals surface area contributed by atoms with Crippen LogP contribution in [0.2, 0.25) is 10.0 Å². The standard InChI is InChI=1S/C12H12Cl2N2S/c1-2-15-11(12-9(14)5-7-17-12)10-8(13)4-3-6-16-10/h3-7,11,15H,2H2,1H3. The van der Waals surface area contributed by atoms with Gasteiger partial charge >= 0.3 is 0 Å². The molecule has 2 aromatic rings. The second-order valence-corrected chi connectivity index (χ2v) is 5.26. The summed E-state index contributed by atoms with van der Waals surface area (Å²) in [6, 6.07) is 5.52. The number of aromatic nitrogens is 1. The van der Waals surface area contributed by atoms with Crippen molar-refractivity contribution in [3.8, 4) is 0 Å². The molecule has 17 heavy (non-hydrogen) atoms. The fourth-order valence-electron chi connectivity index (χ4n) is 1.64. The van der Waals surface area contributed by atoms with Crippen molar-refractivity contribution in [3.05, 3.63) is 50.4 Å². The number of pyridine rings is 1. The molecule has 0 saturated heterocycles. The molecule has 0 bridgehead atoms. The third kappa shape index (κ3) is 2.80. The number of nitrogens with zero attached hydrogens (tertiary/aromatic N) is 1. The third-order valence-corrected chi connectivity index (χ3v) is 4.12. The van der Waals surface area contributed by atoms with E-state index < -0.39 is 0 Å². The van der Waals surface area contributed by atoms with Crippen LogP contribution in [0.3, 0.4) is 0 Å². The van der Waals surface area contributed by atoms with Crippen LogP contribution in [0.25, 0.3) is 0 Å². The van der Waals surface area contributed by atoms with Gasteiger partial charge in [0, 0.05) is 11.1 Å². The van der Waals surface area contributed by atoms with E-state index in [1.807, 2.05) is 30.5 Å². The van der Waals surface area contributed by atoms with E-state index in [0.717, 1.165) is 22.1 Å². The maximum absolute atomic E-state index is 6.18. The fraction of sp³-hybridized carbons (Fsp3) is 0.250. The molecule has 0 spiro atoms. The molecule has 2 rings (SSSR count). The molecule has 2 aromatic heterocycles. The second-order valence-electron chi connectivity index (χ2n) is 3.49. The number of halogens is 2. The van der Waals surface area contributed by atoms with Gasteiger partial charge in [-0.3, -0.25) is 4.98 Å². The topological polar surface area (TPSA) is 24.9 Å². The average Bonchev–Trinajstić information content (AvgIpc) is 2.74. The van der Waals surface area contributed by atoms with E-state index >= 15 is 0 Å². The van der Waals surface area contributed by atoms with Gasteiger partial charge in [0.05, 0.1) is 21.8 Å². The molecule has 1 N–H and O–H groups in total. The maximum atomic E-state index is 6.18. The molecule has 1 atom stereocenters. The Kier molecular flexibility index (Phi) is 4.40. The normalized spacial score (nSPS) is 12.6. The molecule has 2 nitrogen and oxygen atoms in total. The van der Waals surface area contributed by atoms with Gasteiger partial charge < -0.3 is 5.32 Å². The van der Waals surface area contributed by atoms with Gasteiger partial charge in [-0.15, -0.1) is 11.3 Å². The largest absolute Gasteiger partial charge is 0.304 e. The summed E-state index contributed by atoms with van der Waals surface area (Å²) in [6.45, 7) is 2.87. The van der Waals surface area contributed by atoms with E-state index in [0.29, 0.717) is 5.02 Å². The van der Waals surface area contributed by atoms with Crippen LogP contribution < -0.4 is 5.32 Å². The molecule has 0 radical (unpaired) electrons. The number of thiophene rings is 1. The predicted molar refractivity (Wildman–Crippen MR) is 74.1 cm³/mol. The summed E-state index contributed by atoms with van der Waals surface area (Å²) in [5.74, 6) is 0. The first-order valence-electron chi connectivity index (χ1n) is 5.30. The van der Waals surface area contributed by atoms with E-state index in [4.69, 9.17) is 23.2 Å². The Morgan fingerprint density at radius 2 is 2.18 bits per heavy atom. The van der Waals surface area contributed by atoms with Gasteiger partial charge in [0.2, 0.25) is 0 Å². The van der Waals surface area contributed by atoms with Crippen molar-refractivity contribution in [2.45, 2.75) is 13.0 Å². The van der Waals surface area contributed by atoms with Gasteiger partial charge in [-0.05, 0) is 30.1 Å². The van der Waals surface area contributed by atoms with Crippen LogP contribution in [0.4, 0.5) is 0 Å². The van der Waals surface area contributed by atoms with Crippen LogP contribution in [-0.2, 0) is 0 Å². The summed E-state index contributed by atoms with van der Waals surface area (Å²) in [6.07, 6.45) is 1.74. The van der Waals surface area contributed by atoms with Gasteiger partial charge in [0.25, 0.3) is 0 Å². The monoisotopic (exact) mass is 286 g/mol. The molecule has 0 aliphatic heterocycles. The Morgan fingerprint density at radius 3 is 2.76 bits per heavy atom. The van der Waals surface area contributed by atoms with Crippen LogP contribution in [0, 0.1) is 0 Å². The third-order valence-electron chi connectivity index (χ3n) is 2.38. The molecular formula is C12H12Cl2N2S. The average molecular weight is 287 g/mol. The minimum Gasteiger partial charge on any atom is -0.304 e. The SMILES string of the molecule is CCNC(c1ncccc1Cl)c1sccc1Cl. The molecule has 0 aromatic carbocycles. The van der Waals surface area contributed by atoms with E-state index in [-0.39, 0.29) is 6.04 Å². The number of nitrogens with one attached hydrogen (secondary N) is 1. The zero-order valence-electron chi connectivity index (χ0n) is 9.28. The van der Waals surface area contributed by atoms with Gasteiger partial charge in [0.15, 0.2) is 0 Å². The van der Waals surface area contributed by atoms with Crippen molar-refractivity contribution in [1.82, 2.24) is 10.3 Å². The molecule has 0 aliphatic rings. The Bertz CT molecular complexity index is 499. The van der Waals surface area contributed by atoms with Crippen LogP contribution in [0.15, 0.2) is 29.8 Å². The Labute approximate surface area is 115 Å². The van der Waals surface area contributed by atoms with Crippen LogP contribution >= 0.6 is 34.5 Å². The zero-order chi connectivity index (χ0) is 12.3. The van der Waals surface area contributed by atoms with Crippen molar-refractivity contribution in [1.29, 1.82) is 0 Å². The summed E-state index contributed by atoms with van der Waals surface area (Å²) in [7, 11) is 0. The number of hydrogen-bond donors (Lipinski definition) is 1. The molecule has 5 heteroatoms. The highest BCUT2D eigenvalue weighted by Crippen LogP contribution is 2.34. The molecule has 0 amide bonds. The second kappa shape index (κ2) is 5.83. The predicted octanol–water partition coefficient (Wildman–Crippen LogP) is 4.15. The molecule has 90 valence electrons. The lowest BCUT2D eigenvalue weighted by Gasteiger charge is -2.17. The Balaban J connectivity index is 2.43. The lowest BCUT2D eigenvalue weighted by molar-refractivity contribution is 0.624. The zero-order valence-corrected chi connectivity index (χ0v) is 11.6. The van der Waals surface area contributed by atoms with Crippen molar-refractivity contribution >= 4 is 34.5 Å². The highest BCUT2D eigenvalue weighted by atomic mass is 35.5. The maximum Gasteiger partial charge on any atom is 0.0875 e. The molecule has 0 aliphatic carbocycles.